The zero-order valence-corrected chi connectivity index (χ0v) is 13.2. The quantitative estimate of drug-likeness (QED) is 0.757. The Bertz CT molecular complexity index is 420. The third kappa shape index (κ3) is 6.04. The first kappa shape index (κ1) is 17.3. The monoisotopic (exact) mass is 294 g/mol. The molecule has 0 bridgehead atoms. The summed E-state index contributed by atoms with van der Waals surface area (Å²) in [6.45, 7) is 3.04. The Morgan fingerprint density at radius 3 is 2.48 bits per heavy atom. The molecule has 21 heavy (non-hydrogen) atoms. The molecular formula is C16H26N2O3. The first-order valence-electron chi connectivity index (χ1n) is 7.36. The van der Waals surface area contributed by atoms with E-state index in [9.17, 15) is 4.79 Å². The molecule has 1 atom stereocenters. The van der Waals surface area contributed by atoms with Crippen LogP contribution >= 0.6 is 0 Å². The fraction of sp³-hybridized carbons (Fsp3) is 0.562. The molecule has 1 rings (SSSR count). The predicted octanol–water partition coefficient (Wildman–Crippen LogP) is 2.05. The molecule has 0 radical (unpaired) electrons. The van der Waals surface area contributed by atoms with Crippen LogP contribution < -0.4 is 15.2 Å². The summed E-state index contributed by atoms with van der Waals surface area (Å²) in [6.07, 6.45) is 2.76. The van der Waals surface area contributed by atoms with Gasteiger partial charge in [0.15, 0.2) is 0 Å². The maximum Gasteiger partial charge on any atom is 0.239 e. The van der Waals surface area contributed by atoms with Gasteiger partial charge in [-0.05, 0) is 30.7 Å². The fourth-order valence-electron chi connectivity index (χ4n) is 1.91. The van der Waals surface area contributed by atoms with E-state index in [1.165, 1.54) is 0 Å². The minimum Gasteiger partial charge on any atom is -0.497 e. The largest absolute Gasteiger partial charge is 0.497 e. The van der Waals surface area contributed by atoms with E-state index in [0.717, 1.165) is 30.8 Å². The number of carbonyl (C=O) groups is 1. The third-order valence-corrected chi connectivity index (χ3v) is 3.32. The van der Waals surface area contributed by atoms with Gasteiger partial charge in [0.05, 0.1) is 19.7 Å². The number of rotatable bonds is 9. The van der Waals surface area contributed by atoms with Crippen LogP contribution in [0.2, 0.25) is 0 Å². The van der Waals surface area contributed by atoms with Gasteiger partial charge in [-0.1, -0.05) is 19.8 Å². The van der Waals surface area contributed by atoms with Gasteiger partial charge in [0.25, 0.3) is 0 Å². The van der Waals surface area contributed by atoms with Gasteiger partial charge in [-0.2, -0.15) is 0 Å². The Morgan fingerprint density at radius 2 is 1.90 bits per heavy atom. The van der Waals surface area contributed by atoms with E-state index in [4.69, 9.17) is 15.2 Å². The number of likely N-dealkylation sites (N-methyl/N-ethyl adjacent to an activating group) is 1. The predicted molar refractivity (Wildman–Crippen MR) is 83.6 cm³/mol. The first-order valence-corrected chi connectivity index (χ1v) is 7.36. The Morgan fingerprint density at radius 1 is 1.29 bits per heavy atom. The van der Waals surface area contributed by atoms with Crippen molar-refractivity contribution in [3.63, 3.8) is 0 Å². The molecule has 5 heteroatoms. The summed E-state index contributed by atoms with van der Waals surface area (Å²) in [5.41, 5.74) is 5.87. The van der Waals surface area contributed by atoms with Gasteiger partial charge in [0.2, 0.25) is 5.91 Å². The van der Waals surface area contributed by atoms with E-state index >= 15 is 0 Å². The molecule has 0 aliphatic heterocycles. The van der Waals surface area contributed by atoms with Crippen molar-refractivity contribution in [1.29, 1.82) is 0 Å². The first-order chi connectivity index (χ1) is 10.1. The van der Waals surface area contributed by atoms with Gasteiger partial charge in [-0.3, -0.25) is 4.79 Å². The van der Waals surface area contributed by atoms with E-state index in [0.29, 0.717) is 13.2 Å². The van der Waals surface area contributed by atoms with Crippen molar-refractivity contribution < 1.29 is 14.3 Å². The number of nitrogens with two attached hydrogens (primary N) is 1. The van der Waals surface area contributed by atoms with Crippen LogP contribution in [0, 0.1) is 0 Å². The summed E-state index contributed by atoms with van der Waals surface area (Å²) in [7, 11) is 3.38. The van der Waals surface area contributed by atoms with Crippen molar-refractivity contribution in [2.45, 2.75) is 32.2 Å². The molecule has 1 aromatic carbocycles. The van der Waals surface area contributed by atoms with E-state index in [-0.39, 0.29) is 5.91 Å². The van der Waals surface area contributed by atoms with Crippen molar-refractivity contribution >= 4 is 5.91 Å². The minimum atomic E-state index is -0.407. The summed E-state index contributed by atoms with van der Waals surface area (Å²) in [6, 6.07) is 6.95. The van der Waals surface area contributed by atoms with Crippen molar-refractivity contribution in [1.82, 2.24) is 4.90 Å². The second kappa shape index (κ2) is 9.23. The maximum absolute atomic E-state index is 12.0. The molecule has 1 aromatic rings. The second-order valence-corrected chi connectivity index (χ2v) is 5.03. The smallest absolute Gasteiger partial charge is 0.239 e. The van der Waals surface area contributed by atoms with E-state index < -0.39 is 6.04 Å². The second-order valence-electron chi connectivity index (χ2n) is 5.03. The Labute approximate surface area is 127 Å². The molecule has 0 saturated carbocycles. The minimum absolute atomic E-state index is 0.0261. The highest BCUT2D eigenvalue weighted by Crippen LogP contribution is 2.16. The van der Waals surface area contributed by atoms with Crippen LogP contribution in [0.1, 0.15) is 26.2 Å². The summed E-state index contributed by atoms with van der Waals surface area (Å²) < 4.78 is 10.7. The molecular weight excluding hydrogens is 268 g/mol. The number of carbonyl (C=O) groups excluding carboxylic acids is 1. The van der Waals surface area contributed by atoms with Crippen LogP contribution in [-0.2, 0) is 4.79 Å². The highest BCUT2D eigenvalue weighted by Gasteiger charge is 2.17. The van der Waals surface area contributed by atoms with E-state index in [2.05, 4.69) is 6.92 Å². The van der Waals surface area contributed by atoms with Crippen molar-refractivity contribution in [2.24, 2.45) is 5.73 Å². The SMILES string of the molecule is CCCCC(N)C(=O)N(C)CCOc1ccc(OC)cc1. The maximum atomic E-state index is 12.0. The lowest BCUT2D eigenvalue weighted by atomic mass is 10.1. The van der Waals surface area contributed by atoms with Gasteiger partial charge in [0, 0.05) is 7.05 Å². The number of unbranched alkanes of at least 4 members (excludes halogenated alkanes) is 1. The number of ether oxygens (including phenoxy) is 2. The highest BCUT2D eigenvalue weighted by atomic mass is 16.5. The Kier molecular flexibility index (Phi) is 7.61. The molecule has 0 fully saturated rings. The number of nitrogens with zero attached hydrogens (tertiary/aromatic N) is 1. The summed E-state index contributed by atoms with van der Waals surface area (Å²) >= 11 is 0. The summed E-state index contributed by atoms with van der Waals surface area (Å²) in [5, 5.41) is 0. The average molecular weight is 294 g/mol. The van der Waals surface area contributed by atoms with Crippen molar-refractivity contribution in [3.8, 4) is 11.5 Å². The molecule has 2 N–H and O–H groups in total. The fourth-order valence-corrected chi connectivity index (χ4v) is 1.91. The van der Waals surface area contributed by atoms with Gasteiger partial charge >= 0.3 is 0 Å². The lowest BCUT2D eigenvalue weighted by Gasteiger charge is -2.21. The molecule has 118 valence electrons. The standard InChI is InChI=1S/C16H26N2O3/c1-4-5-6-15(17)16(19)18(2)11-12-21-14-9-7-13(20-3)8-10-14/h7-10,15H,4-6,11-12,17H2,1-3H3. The van der Waals surface area contributed by atoms with Crippen molar-refractivity contribution in [3.05, 3.63) is 24.3 Å². The lowest BCUT2D eigenvalue weighted by Crippen LogP contribution is -2.43. The molecule has 0 aromatic heterocycles. The van der Waals surface area contributed by atoms with Gasteiger partial charge < -0.3 is 20.1 Å². The van der Waals surface area contributed by atoms with Crippen LogP contribution in [0.5, 0.6) is 11.5 Å². The number of benzene rings is 1. The van der Waals surface area contributed by atoms with Gasteiger partial charge in [-0.15, -0.1) is 0 Å². The molecule has 1 amide bonds. The zero-order chi connectivity index (χ0) is 15.7. The van der Waals surface area contributed by atoms with Crippen LogP contribution in [0.25, 0.3) is 0 Å². The van der Waals surface area contributed by atoms with E-state index in [1.807, 2.05) is 24.3 Å². The van der Waals surface area contributed by atoms with Gasteiger partial charge in [-0.25, -0.2) is 0 Å². The normalized spacial score (nSPS) is 11.8. The summed E-state index contributed by atoms with van der Waals surface area (Å²) in [5.74, 6) is 1.52. The molecule has 0 aliphatic rings. The summed E-state index contributed by atoms with van der Waals surface area (Å²) in [4.78, 5) is 13.6. The topological polar surface area (TPSA) is 64.8 Å². The van der Waals surface area contributed by atoms with Gasteiger partial charge in [0.1, 0.15) is 18.1 Å². The molecule has 1 unspecified atom stereocenters. The number of hydrogen-bond acceptors (Lipinski definition) is 4. The molecule has 0 aliphatic carbocycles. The van der Waals surface area contributed by atoms with Crippen LogP contribution in [-0.4, -0.2) is 44.2 Å². The van der Waals surface area contributed by atoms with E-state index in [1.54, 1.807) is 19.1 Å². The zero-order valence-electron chi connectivity index (χ0n) is 13.2. The number of methoxy groups -OCH3 is 1. The van der Waals surface area contributed by atoms with Crippen LogP contribution in [0.15, 0.2) is 24.3 Å². The molecule has 5 nitrogen and oxygen atoms in total. The lowest BCUT2D eigenvalue weighted by molar-refractivity contribution is -0.131. The third-order valence-electron chi connectivity index (χ3n) is 3.32. The molecule has 0 saturated heterocycles. The Balaban J connectivity index is 2.31. The van der Waals surface area contributed by atoms with Crippen LogP contribution in [0.4, 0.5) is 0 Å². The molecule has 0 heterocycles. The Hall–Kier alpha value is -1.75. The van der Waals surface area contributed by atoms with Crippen LogP contribution in [0.3, 0.4) is 0 Å². The highest BCUT2D eigenvalue weighted by molar-refractivity contribution is 5.81. The number of hydrogen-bond donors (Lipinski definition) is 1. The van der Waals surface area contributed by atoms with Crippen molar-refractivity contribution in [2.75, 3.05) is 27.3 Å². The number of amides is 1. The molecule has 0 spiro atoms. The average Bonchev–Trinajstić information content (AvgIpc) is 2.52.